The van der Waals surface area contributed by atoms with E-state index in [1.54, 1.807) is 13.2 Å². The number of hydrogen-bond donors (Lipinski definition) is 1. The zero-order valence-corrected chi connectivity index (χ0v) is 9.48. The first-order valence-corrected chi connectivity index (χ1v) is 4.93. The van der Waals surface area contributed by atoms with Gasteiger partial charge in [0, 0.05) is 4.47 Å². The van der Waals surface area contributed by atoms with Crippen molar-refractivity contribution in [3.8, 4) is 17.2 Å². The summed E-state index contributed by atoms with van der Waals surface area (Å²) in [5, 5.41) is 3.52. The second-order valence-corrected chi connectivity index (χ2v) is 3.66. The van der Waals surface area contributed by atoms with Gasteiger partial charge in [0.2, 0.25) is 0 Å². The molecule has 5 nitrogen and oxygen atoms in total. The molecule has 0 bridgehead atoms. The number of nitrogen functional groups attached to an aromatic ring is 1. The van der Waals surface area contributed by atoms with Crippen molar-refractivity contribution >= 4 is 21.9 Å². The average Bonchev–Trinajstić information content (AvgIpc) is 2.65. The van der Waals surface area contributed by atoms with E-state index < -0.39 is 0 Å². The van der Waals surface area contributed by atoms with E-state index in [1.807, 2.05) is 12.1 Å². The van der Waals surface area contributed by atoms with Crippen LogP contribution < -0.4 is 10.5 Å². The minimum Gasteiger partial charge on any atom is -0.497 e. The number of aromatic nitrogens is 2. The number of halogens is 1. The van der Waals surface area contributed by atoms with Crippen LogP contribution in [-0.2, 0) is 0 Å². The fourth-order valence-electron chi connectivity index (χ4n) is 1.14. The second kappa shape index (κ2) is 3.90. The molecule has 0 unspecified atom stereocenters. The predicted molar refractivity (Wildman–Crippen MR) is 58.4 cm³/mol. The van der Waals surface area contributed by atoms with Gasteiger partial charge in [-0.15, -0.1) is 0 Å². The maximum atomic E-state index is 5.37. The fourth-order valence-corrected chi connectivity index (χ4v) is 1.56. The van der Waals surface area contributed by atoms with Crippen LogP contribution in [0.5, 0.6) is 5.75 Å². The highest BCUT2D eigenvalue weighted by Crippen LogP contribution is 2.30. The first kappa shape index (κ1) is 9.97. The summed E-state index contributed by atoms with van der Waals surface area (Å²) in [4.78, 5) is 3.93. The van der Waals surface area contributed by atoms with Crippen molar-refractivity contribution in [3.63, 3.8) is 0 Å². The summed E-state index contributed by atoms with van der Waals surface area (Å²) in [7, 11) is 1.59. The second-order valence-electron chi connectivity index (χ2n) is 2.80. The number of nitrogens with zero attached hydrogens (tertiary/aromatic N) is 2. The Hall–Kier alpha value is -1.56. The number of nitrogens with two attached hydrogens (primary N) is 1. The molecule has 0 saturated heterocycles. The molecule has 1 aromatic carbocycles. The van der Waals surface area contributed by atoms with Gasteiger partial charge < -0.3 is 15.0 Å². The van der Waals surface area contributed by atoms with Gasteiger partial charge in [0.1, 0.15) is 5.75 Å². The van der Waals surface area contributed by atoms with E-state index in [9.17, 15) is 0 Å². The summed E-state index contributed by atoms with van der Waals surface area (Å²) in [5.41, 5.74) is 6.12. The van der Waals surface area contributed by atoms with Gasteiger partial charge in [0.25, 0.3) is 11.8 Å². The minimum atomic E-state index is 0.111. The Morgan fingerprint density at radius 1 is 1.47 bits per heavy atom. The summed E-state index contributed by atoms with van der Waals surface area (Å²) >= 11 is 3.38. The van der Waals surface area contributed by atoms with E-state index in [4.69, 9.17) is 15.0 Å². The van der Waals surface area contributed by atoms with Crippen molar-refractivity contribution in [2.24, 2.45) is 0 Å². The fraction of sp³-hybridized carbons (Fsp3) is 0.111. The lowest BCUT2D eigenvalue weighted by Gasteiger charge is -2.02. The van der Waals surface area contributed by atoms with Crippen molar-refractivity contribution in [2.45, 2.75) is 0 Å². The zero-order chi connectivity index (χ0) is 10.8. The summed E-state index contributed by atoms with van der Waals surface area (Å²) in [6.07, 6.45) is 0. The lowest BCUT2D eigenvalue weighted by Crippen LogP contribution is -1.87. The van der Waals surface area contributed by atoms with E-state index in [1.165, 1.54) is 0 Å². The molecule has 0 fully saturated rings. The van der Waals surface area contributed by atoms with E-state index >= 15 is 0 Å². The Morgan fingerprint density at radius 2 is 2.27 bits per heavy atom. The van der Waals surface area contributed by atoms with Crippen LogP contribution in [0.25, 0.3) is 11.5 Å². The normalized spacial score (nSPS) is 10.3. The Labute approximate surface area is 94.4 Å². The third kappa shape index (κ3) is 1.94. The molecule has 0 saturated carbocycles. The third-order valence-corrected chi connectivity index (χ3v) is 2.54. The zero-order valence-electron chi connectivity index (χ0n) is 7.90. The van der Waals surface area contributed by atoms with Crippen LogP contribution in [0, 0.1) is 0 Å². The number of hydrogen-bond acceptors (Lipinski definition) is 5. The maximum Gasteiger partial charge on any atom is 0.261 e. The summed E-state index contributed by atoms with van der Waals surface area (Å²) in [6, 6.07) is 5.46. The maximum absolute atomic E-state index is 5.37. The first-order valence-electron chi connectivity index (χ1n) is 4.14. The lowest BCUT2D eigenvalue weighted by molar-refractivity contribution is 0.413. The van der Waals surface area contributed by atoms with Gasteiger partial charge >= 0.3 is 0 Å². The van der Waals surface area contributed by atoms with Crippen LogP contribution in [0.1, 0.15) is 0 Å². The van der Waals surface area contributed by atoms with E-state index in [2.05, 4.69) is 26.1 Å². The van der Waals surface area contributed by atoms with Gasteiger partial charge in [0.15, 0.2) is 0 Å². The topological polar surface area (TPSA) is 74.2 Å². The molecule has 0 spiro atoms. The quantitative estimate of drug-likeness (QED) is 0.904. The molecular weight excluding hydrogens is 262 g/mol. The largest absolute Gasteiger partial charge is 0.497 e. The van der Waals surface area contributed by atoms with Crippen LogP contribution in [-0.4, -0.2) is 17.3 Å². The van der Waals surface area contributed by atoms with Crippen molar-refractivity contribution in [2.75, 3.05) is 12.8 Å². The molecular formula is C9H8BrN3O2. The number of benzene rings is 1. The molecule has 2 N–H and O–H groups in total. The minimum absolute atomic E-state index is 0.111. The molecule has 0 amide bonds. The van der Waals surface area contributed by atoms with Gasteiger partial charge in [-0.2, -0.15) is 4.98 Å². The molecule has 0 radical (unpaired) electrons. The molecule has 6 heteroatoms. The Bertz CT molecular complexity index is 484. The molecule has 2 aromatic rings. The standard InChI is InChI=1S/C9H8BrN3O2/c1-14-5-2-3-7(10)6(4-5)8-12-9(11)13-15-8/h2-4H,1H3,(H2,11,13). The monoisotopic (exact) mass is 269 g/mol. The number of methoxy groups -OCH3 is 1. The van der Waals surface area contributed by atoms with Gasteiger partial charge in [-0.25, -0.2) is 0 Å². The number of ether oxygens (including phenoxy) is 1. The van der Waals surface area contributed by atoms with E-state index in [-0.39, 0.29) is 5.95 Å². The molecule has 78 valence electrons. The van der Waals surface area contributed by atoms with Crippen molar-refractivity contribution < 1.29 is 9.26 Å². The van der Waals surface area contributed by atoms with Crippen LogP contribution >= 0.6 is 15.9 Å². The first-order chi connectivity index (χ1) is 7.20. The molecule has 2 rings (SSSR count). The van der Waals surface area contributed by atoms with Gasteiger partial charge in [-0.05, 0) is 39.3 Å². The highest BCUT2D eigenvalue weighted by molar-refractivity contribution is 9.10. The Morgan fingerprint density at radius 3 is 2.87 bits per heavy atom. The molecule has 1 aromatic heterocycles. The summed E-state index contributed by atoms with van der Waals surface area (Å²) in [5.74, 6) is 1.18. The van der Waals surface area contributed by atoms with Crippen molar-refractivity contribution in [1.29, 1.82) is 0 Å². The molecule has 0 aliphatic heterocycles. The van der Waals surface area contributed by atoms with E-state index in [0.29, 0.717) is 11.6 Å². The summed E-state index contributed by atoms with van der Waals surface area (Å²) < 4.78 is 10.9. The Balaban J connectivity index is 2.51. The van der Waals surface area contributed by atoms with E-state index in [0.717, 1.165) is 10.0 Å². The third-order valence-electron chi connectivity index (χ3n) is 1.85. The molecule has 0 atom stereocenters. The average molecular weight is 270 g/mol. The van der Waals surface area contributed by atoms with Gasteiger partial charge in [-0.3, -0.25) is 0 Å². The van der Waals surface area contributed by atoms with Gasteiger partial charge in [-0.1, -0.05) is 0 Å². The number of anilines is 1. The van der Waals surface area contributed by atoms with Gasteiger partial charge in [0.05, 0.1) is 12.7 Å². The molecule has 1 heterocycles. The highest BCUT2D eigenvalue weighted by atomic mass is 79.9. The number of rotatable bonds is 2. The van der Waals surface area contributed by atoms with Crippen LogP contribution in [0.3, 0.4) is 0 Å². The highest BCUT2D eigenvalue weighted by Gasteiger charge is 2.11. The van der Waals surface area contributed by atoms with Crippen molar-refractivity contribution in [3.05, 3.63) is 22.7 Å². The molecule has 15 heavy (non-hydrogen) atoms. The Kier molecular flexibility index (Phi) is 2.59. The predicted octanol–water partition coefficient (Wildman–Crippen LogP) is 2.09. The molecule has 0 aliphatic rings. The summed E-state index contributed by atoms with van der Waals surface area (Å²) in [6.45, 7) is 0. The SMILES string of the molecule is COc1ccc(Br)c(-c2nc(N)no2)c1. The van der Waals surface area contributed by atoms with Crippen LogP contribution in [0.15, 0.2) is 27.2 Å². The van der Waals surface area contributed by atoms with Crippen LogP contribution in [0.4, 0.5) is 5.95 Å². The van der Waals surface area contributed by atoms with Crippen molar-refractivity contribution in [1.82, 2.24) is 10.1 Å². The molecule has 0 aliphatic carbocycles. The smallest absolute Gasteiger partial charge is 0.261 e. The van der Waals surface area contributed by atoms with Crippen LogP contribution in [0.2, 0.25) is 0 Å². The lowest BCUT2D eigenvalue weighted by atomic mass is 10.2.